The molecule has 2 heterocycles. The van der Waals surface area contributed by atoms with Crippen LogP contribution in [0.25, 0.3) is 0 Å². The standard InChI is InChI=1S/C14H26N2/c1-2-4-12(5-3-1)10-16-9-7-14-13(11-16)6-8-15-14/h12-15H,1-11H2. The molecular weight excluding hydrogens is 196 g/mol. The molecule has 0 amide bonds. The van der Waals surface area contributed by atoms with Gasteiger partial charge in [0.25, 0.3) is 0 Å². The molecule has 2 heteroatoms. The molecule has 0 radical (unpaired) electrons. The van der Waals surface area contributed by atoms with Crippen molar-refractivity contribution in [2.45, 2.75) is 51.0 Å². The van der Waals surface area contributed by atoms with Gasteiger partial charge in [-0.2, -0.15) is 0 Å². The van der Waals surface area contributed by atoms with E-state index < -0.39 is 0 Å². The van der Waals surface area contributed by atoms with Crippen LogP contribution in [0.3, 0.4) is 0 Å². The smallest absolute Gasteiger partial charge is 0.0120 e. The Kier molecular flexibility index (Phi) is 3.49. The molecule has 2 aliphatic heterocycles. The fraction of sp³-hybridized carbons (Fsp3) is 1.00. The minimum Gasteiger partial charge on any atom is -0.314 e. The summed E-state index contributed by atoms with van der Waals surface area (Å²) in [4.78, 5) is 2.77. The van der Waals surface area contributed by atoms with Gasteiger partial charge in [-0.05, 0) is 50.6 Å². The Hall–Kier alpha value is -0.0800. The maximum atomic E-state index is 3.66. The molecule has 1 N–H and O–H groups in total. The van der Waals surface area contributed by atoms with Crippen molar-refractivity contribution in [3.8, 4) is 0 Å². The highest BCUT2D eigenvalue weighted by atomic mass is 15.2. The van der Waals surface area contributed by atoms with E-state index in [1.165, 1.54) is 71.1 Å². The van der Waals surface area contributed by atoms with Crippen LogP contribution < -0.4 is 5.32 Å². The summed E-state index contributed by atoms with van der Waals surface area (Å²) in [6, 6.07) is 0.864. The third kappa shape index (κ3) is 2.43. The van der Waals surface area contributed by atoms with E-state index in [2.05, 4.69) is 10.2 Å². The van der Waals surface area contributed by atoms with Gasteiger partial charge in [-0.25, -0.2) is 0 Å². The molecule has 2 nitrogen and oxygen atoms in total. The van der Waals surface area contributed by atoms with Crippen LogP contribution in [-0.4, -0.2) is 37.1 Å². The van der Waals surface area contributed by atoms with Gasteiger partial charge in [-0.1, -0.05) is 19.3 Å². The van der Waals surface area contributed by atoms with Crippen molar-refractivity contribution in [3.05, 3.63) is 0 Å². The Labute approximate surface area is 99.8 Å². The van der Waals surface area contributed by atoms with E-state index in [4.69, 9.17) is 0 Å². The van der Waals surface area contributed by atoms with E-state index in [1.807, 2.05) is 0 Å². The van der Waals surface area contributed by atoms with Crippen LogP contribution in [0.15, 0.2) is 0 Å². The van der Waals surface area contributed by atoms with Crippen molar-refractivity contribution in [3.63, 3.8) is 0 Å². The third-order valence-electron chi connectivity index (χ3n) is 4.98. The number of hydrogen-bond donors (Lipinski definition) is 1. The van der Waals surface area contributed by atoms with Crippen LogP contribution in [0, 0.1) is 11.8 Å². The van der Waals surface area contributed by atoms with Crippen LogP contribution in [-0.2, 0) is 0 Å². The van der Waals surface area contributed by atoms with Crippen LogP contribution >= 0.6 is 0 Å². The van der Waals surface area contributed by atoms with Gasteiger partial charge in [-0.3, -0.25) is 0 Å². The Morgan fingerprint density at radius 2 is 1.88 bits per heavy atom. The first-order chi connectivity index (χ1) is 7.92. The fourth-order valence-electron chi connectivity index (χ4n) is 4.02. The second kappa shape index (κ2) is 5.05. The predicted octanol–water partition coefficient (Wildman–Crippen LogP) is 2.25. The van der Waals surface area contributed by atoms with Crippen LogP contribution in [0.1, 0.15) is 44.9 Å². The first kappa shape index (κ1) is 11.0. The molecule has 16 heavy (non-hydrogen) atoms. The molecule has 1 aliphatic carbocycles. The zero-order valence-corrected chi connectivity index (χ0v) is 10.5. The maximum absolute atomic E-state index is 3.66. The van der Waals surface area contributed by atoms with E-state index in [-0.39, 0.29) is 0 Å². The average Bonchev–Trinajstić information content (AvgIpc) is 2.77. The zero-order chi connectivity index (χ0) is 10.8. The monoisotopic (exact) mass is 222 g/mol. The molecule has 3 aliphatic rings. The number of nitrogens with one attached hydrogen (secondary N) is 1. The number of piperidine rings is 1. The third-order valence-corrected chi connectivity index (χ3v) is 4.98. The number of hydrogen-bond acceptors (Lipinski definition) is 2. The molecule has 0 aromatic heterocycles. The van der Waals surface area contributed by atoms with Gasteiger partial charge in [-0.15, -0.1) is 0 Å². The fourth-order valence-corrected chi connectivity index (χ4v) is 4.02. The van der Waals surface area contributed by atoms with Crippen LogP contribution in [0.2, 0.25) is 0 Å². The van der Waals surface area contributed by atoms with Gasteiger partial charge < -0.3 is 10.2 Å². The molecule has 2 saturated heterocycles. The molecule has 0 bridgehead atoms. The van der Waals surface area contributed by atoms with Gasteiger partial charge in [0, 0.05) is 19.1 Å². The highest BCUT2D eigenvalue weighted by Gasteiger charge is 2.33. The molecule has 0 aromatic rings. The van der Waals surface area contributed by atoms with E-state index >= 15 is 0 Å². The van der Waals surface area contributed by atoms with Crippen LogP contribution in [0.4, 0.5) is 0 Å². The first-order valence-corrected chi connectivity index (χ1v) is 7.37. The SMILES string of the molecule is C1CCC(CN2CCC3NCCC3C2)CC1. The van der Waals surface area contributed by atoms with Crippen molar-refractivity contribution in [1.29, 1.82) is 0 Å². The lowest BCUT2D eigenvalue weighted by Gasteiger charge is -2.37. The van der Waals surface area contributed by atoms with E-state index in [0.29, 0.717) is 0 Å². The van der Waals surface area contributed by atoms with Gasteiger partial charge in [0.2, 0.25) is 0 Å². The van der Waals surface area contributed by atoms with Crippen molar-refractivity contribution in [2.75, 3.05) is 26.2 Å². The minimum atomic E-state index is 0.864. The van der Waals surface area contributed by atoms with Gasteiger partial charge in [0.05, 0.1) is 0 Å². The van der Waals surface area contributed by atoms with E-state index in [9.17, 15) is 0 Å². The molecule has 92 valence electrons. The molecule has 2 unspecified atom stereocenters. The van der Waals surface area contributed by atoms with E-state index in [1.54, 1.807) is 0 Å². The Bertz CT molecular complexity index is 223. The Morgan fingerprint density at radius 1 is 1.00 bits per heavy atom. The molecular formula is C14H26N2. The highest BCUT2D eigenvalue weighted by Crippen LogP contribution is 2.28. The summed E-state index contributed by atoms with van der Waals surface area (Å²) in [5.41, 5.74) is 0. The molecule has 0 spiro atoms. The second-order valence-corrected chi connectivity index (χ2v) is 6.16. The summed E-state index contributed by atoms with van der Waals surface area (Å²) in [5.74, 6) is 2.00. The Balaban J connectivity index is 1.48. The summed E-state index contributed by atoms with van der Waals surface area (Å²) in [7, 11) is 0. The van der Waals surface area contributed by atoms with Gasteiger partial charge in [0.15, 0.2) is 0 Å². The van der Waals surface area contributed by atoms with Crippen LogP contribution in [0.5, 0.6) is 0 Å². The van der Waals surface area contributed by atoms with Crippen molar-refractivity contribution in [1.82, 2.24) is 10.2 Å². The number of likely N-dealkylation sites (tertiary alicyclic amines) is 1. The molecule has 3 rings (SSSR count). The lowest BCUT2D eigenvalue weighted by atomic mass is 9.87. The Morgan fingerprint density at radius 3 is 2.75 bits per heavy atom. The summed E-state index contributed by atoms with van der Waals surface area (Å²) < 4.78 is 0. The molecule has 3 fully saturated rings. The zero-order valence-electron chi connectivity index (χ0n) is 10.5. The predicted molar refractivity (Wildman–Crippen MR) is 67.5 cm³/mol. The van der Waals surface area contributed by atoms with Gasteiger partial charge in [0.1, 0.15) is 0 Å². The van der Waals surface area contributed by atoms with Crippen molar-refractivity contribution >= 4 is 0 Å². The summed E-state index contributed by atoms with van der Waals surface area (Å²) in [6.07, 6.45) is 10.3. The molecule has 1 saturated carbocycles. The lowest BCUT2D eigenvalue weighted by molar-refractivity contribution is 0.129. The first-order valence-electron chi connectivity index (χ1n) is 7.37. The van der Waals surface area contributed by atoms with Gasteiger partial charge >= 0.3 is 0 Å². The largest absolute Gasteiger partial charge is 0.314 e. The summed E-state index contributed by atoms with van der Waals surface area (Å²) >= 11 is 0. The topological polar surface area (TPSA) is 15.3 Å². The normalized spacial score (nSPS) is 37.5. The number of rotatable bonds is 2. The average molecular weight is 222 g/mol. The quantitative estimate of drug-likeness (QED) is 0.771. The second-order valence-electron chi connectivity index (χ2n) is 6.16. The van der Waals surface area contributed by atoms with Crippen molar-refractivity contribution < 1.29 is 0 Å². The summed E-state index contributed by atoms with van der Waals surface area (Å²) in [6.45, 7) is 5.41. The van der Waals surface area contributed by atoms with E-state index in [0.717, 1.165) is 17.9 Å². The van der Waals surface area contributed by atoms with Crippen molar-refractivity contribution in [2.24, 2.45) is 11.8 Å². The highest BCUT2D eigenvalue weighted by molar-refractivity contribution is 4.90. The maximum Gasteiger partial charge on any atom is 0.0120 e. The number of fused-ring (bicyclic) bond motifs is 1. The number of nitrogens with zero attached hydrogens (tertiary/aromatic N) is 1. The minimum absolute atomic E-state index is 0.864. The summed E-state index contributed by atoms with van der Waals surface area (Å²) in [5, 5.41) is 3.66. The molecule has 2 atom stereocenters. The lowest BCUT2D eigenvalue weighted by Crippen LogP contribution is -2.46. The molecule has 0 aromatic carbocycles.